The Labute approximate surface area is 166 Å². The highest BCUT2D eigenvalue weighted by molar-refractivity contribution is 5.82. The molecule has 29 heavy (non-hydrogen) atoms. The second kappa shape index (κ2) is 7.12. The van der Waals surface area contributed by atoms with Gasteiger partial charge in [-0.15, -0.1) is 0 Å². The summed E-state index contributed by atoms with van der Waals surface area (Å²) < 4.78 is 12.4. The fourth-order valence-electron chi connectivity index (χ4n) is 3.37. The summed E-state index contributed by atoms with van der Waals surface area (Å²) in [6.07, 6.45) is 1.48. The summed E-state index contributed by atoms with van der Waals surface area (Å²) in [5.74, 6) is 0.0768. The summed E-state index contributed by atoms with van der Waals surface area (Å²) in [6, 6.07) is 5.13. The first kappa shape index (κ1) is 18.8. The molecule has 0 radical (unpaired) electrons. The molecular weight excluding hydrogens is 372 g/mol. The highest BCUT2D eigenvalue weighted by Gasteiger charge is 2.16. The van der Waals surface area contributed by atoms with Crippen molar-refractivity contribution in [2.45, 2.75) is 40.7 Å². The van der Waals surface area contributed by atoms with Gasteiger partial charge in [0.25, 0.3) is 5.78 Å². The predicted octanol–water partition coefficient (Wildman–Crippen LogP) is 2.75. The summed E-state index contributed by atoms with van der Waals surface area (Å²) in [5.41, 5.74) is 4.96. The van der Waals surface area contributed by atoms with Gasteiger partial charge in [-0.05, 0) is 51.0 Å². The van der Waals surface area contributed by atoms with Crippen molar-refractivity contribution in [1.82, 2.24) is 19.6 Å². The van der Waals surface area contributed by atoms with Crippen LogP contribution in [0.1, 0.15) is 33.6 Å². The van der Waals surface area contributed by atoms with Gasteiger partial charge in [-0.3, -0.25) is 4.79 Å². The number of aryl methyl sites for hydroxylation is 4. The van der Waals surface area contributed by atoms with E-state index in [9.17, 15) is 9.59 Å². The Morgan fingerprint density at radius 2 is 1.90 bits per heavy atom. The Morgan fingerprint density at radius 1 is 1.14 bits per heavy atom. The van der Waals surface area contributed by atoms with E-state index < -0.39 is 11.6 Å². The monoisotopic (exact) mass is 392 g/mol. The van der Waals surface area contributed by atoms with E-state index in [2.05, 4.69) is 15.1 Å². The molecule has 1 aromatic carbocycles. The number of benzene rings is 1. The van der Waals surface area contributed by atoms with Crippen LogP contribution in [0.2, 0.25) is 0 Å². The zero-order valence-electron chi connectivity index (χ0n) is 16.6. The Bertz CT molecular complexity index is 1320. The molecule has 0 bridgehead atoms. The number of hydrogen-bond acceptors (Lipinski definition) is 7. The second-order valence-electron chi connectivity index (χ2n) is 7.09. The molecule has 0 aliphatic rings. The van der Waals surface area contributed by atoms with Gasteiger partial charge in [-0.2, -0.15) is 10.1 Å². The molecule has 0 aliphatic heterocycles. The zero-order valence-corrected chi connectivity index (χ0v) is 16.6. The number of aromatic nitrogens is 4. The van der Waals surface area contributed by atoms with Gasteiger partial charge in [0.1, 0.15) is 18.5 Å². The molecule has 0 saturated carbocycles. The van der Waals surface area contributed by atoms with Crippen LogP contribution in [0.25, 0.3) is 16.7 Å². The van der Waals surface area contributed by atoms with E-state index in [1.54, 1.807) is 4.52 Å². The average molecular weight is 392 g/mol. The molecule has 4 rings (SSSR count). The lowest BCUT2D eigenvalue weighted by molar-refractivity contribution is -0.144. The lowest BCUT2D eigenvalue weighted by Crippen LogP contribution is -2.14. The van der Waals surface area contributed by atoms with Crippen LogP contribution in [0.5, 0.6) is 0 Å². The van der Waals surface area contributed by atoms with Gasteiger partial charge in [0.05, 0.1) is 6.42 Å². The Hall–Kier alpha value is -3.55. The van der Waals surface area contributed by atoms with Crippen LogP contribution in [0, 0.1) is 27.7 Å². The van der Waals surface area contributed by atoms with Crippen molar-refractivity contribution < 1.29 is 13.9 Å². The lowest BCUT2D eigenvalue weighted by Gasteiger charge is -2.11. The third-order valence-electron chi connectivity index (χ3n) is 5.14. The third-order valence-corrected chi connectivity index (χ3v) is 5.14. The van der Waals surface area contributed by atoms with Gasteiger partial charge in [0, 0.05) is 34.0 Å². The second-order valence-corrected chi connectivity index (χ2v) is 7.09. The van der Waals surface area contributed by atoms with Crippen LogP contribution < -0.4 is 5.63 Å². The molecule has 8 heteroatoms. The molecule has 0 N–H and O–H groups in total. The molecule has 4 aromatic rings. The Balaban J connectivity index is 1.58. The number of fused-ring (bicyclic) bond motifs is 2. The minimum Gasteiger partial charge on any atom is -0.461 e. The predicted molar refractivity (Wildman–Crippen MR) is 106 cm³/mol. The summed E-state index contributed by atoms with van der Waals surface area (Å²) in [5, 5.41) is 4.89. The van der Waals surface area contributed by atoms with Crippen molar-refractivity contribution in [2.75, 3.05) is 0 Å². The van der Waals surface area contributed by atoms with Crippen molar-refractivity contribution in [3.63, 3.8) is 0 Å². The van der Waals surface area contributed by atoms with Gasteiger partial charge >= 0.3 is 11.6 Å². The number of rotatable bonds is 4. The number of hydrogen-bond donors (Lipinski definition) is 0. The average Bonchev–Trinajstić information content (AvgIpc) is 3.13. The fraction of sp³-hybridized carbons (Fsp3) is 0.286. The van der Waals surface area contributed by atoms with Crippen LogP contribution in [0.3, 0.4) is 0 Å². The van der Waals surface area contributed by atoms with E-state index >= 15 is 0 Å². The quantitative estimate of drug-likeness (QED) is 0.389. The van der Waals surface area contributed by atoms with Crippen molar-refractivity contribution in [3.8, 4) is 0 Å². The van der Waals surface area contributed by atoms with Crippen LogP contribution in [0.4, 0.5) is 0 Å². The van der Waals surface area contributed by atoms with E-state index in [-0.39, 0.29) is 13.0 Å². The SMILES string of the molecule is Cc1cc2oc(=O)cc(COC(=O)Cc3c(C)nc4ncnn4c3C)c2cc1C. The number of ether oxygens (including phenoxy) is 1. The zero-order chi connectivity index (χ0) is 20.7. The molecule has 0 saturated heterocycles. The molecule has 0 aliphatic carbocycles. The fourth-order valence-corrected chi connectivity index (χ4v) is 3.37. The molecule has 3 aromatic heterocycles. The minimum atomic E-state index is -0.473. The molecule has 8 nitrogen and oxygen atoms in total. The normalized spacial score (nSPS) is 11.3. The molecule has 148 valence electrons. The maximum absolute atomic E-state index is 12.5. The van der Waals surface area contributed by atoms with Gasteiger partial charge in [0.15, 0.2) is 0 Å². The highest BCUT2D eigenvalue weighted by atomic mass is 16.5. The van der Waals surface area contributed by atoms with Crippen molar-refractivity contribution in [3.05, 3.63) is 68.6 Å². The molecule has 0 spiro atoms. The maximum atomic E-state index is 12.5. The summed E-state index contributed by atoms with van der Waals surface area (Å²) in [6.45, 7) is 7.60. The summed E-state index contributed by atoms with van der Waals surface area (Å²) in [7, 11) is 0. The van der Waals surface area contributed by atoms with Gasteiger partial charge in [0.2, 0.25) is 0 Å². The van der Waals surface area contributed by atoms with Crippen LogP contribution >= 0.6 is 0 Å². The molecule has 0 amide bonds. The standard InChI is InChI=1S/C21H20N4O4/c1-11-5-17-15(7-20(27)29-18(17)6-12(11)2)9-28-19(26)8-16-13(3)24-21-22-10-23-25(21)14(16)4/h5-7,10H,8-9H2,1-4H3. The number of esters is 1. The number of carbonyl (C=O) groups excluding carboxylic acids is 1. The number of carbonyl (C=O) groups is 1. The van der Waals surface area contributed by atoms with Gasteiger partial charge in [-0.25, -0.2) is 14.3 Å². The molecule has 0 fully saturated rings. The number of nitrogens with zero attached hydrogens (tertiary/aromatic N) is 4. The summed E-state index contributed by atoms with van der Waals surface area (Å²) >= 11 is 0. The van der Waals surface area contributed by atoms with E-state index in [0.717, 1.165) is 27.8 Å². The van der Waals surface area contributed by atoms with Crippen LogP contribution in [-0.2, 0) is 22.6 Å². The Kier molecular flexibility index (Phi) is 4.62. The Morgan fingerprint density at radius 3 is 2.69 bits per heavy atom. The minimum absolute atomic E-state index is 0.0134. The van der Waals surface area contributed by atoms with E-state index in [4.69, 9.17) is 9.15 Å². The highest BCUT2D eigenvalue weighted by Crippen LogP contribution is 2.22. The van der Waals surface area contributed by atoms with Gasteiger partial charge < -0.3 is 9.15 Å². The van der Waals surface area contributed by atoms with Crippen LogP contribution in [-0.4, -0.2) is 25.6 Å². The van der Waals surface area contributed by atoms with Crippen molar-refractivity contribution in [2.24, 2.45) is 0 Å². The first-order valence-electron chi connectivity index (χ1n) is 9.19. The van der Waals surface area contributed by atoms with Crippen molar-refractivity contribution >= 4 is 22.7 Å². The van der Waals surface area contributed by atoms with E-state index in [0.29, 0.717) is 22.6 Å². The van der Waals surface area contributed by atoms with E-state index in [1.165, 1.54) is 12.4 Å². The molecule has 3 heterocycles. The third kappa shape index (κ3) is 3.49. The largest absolute Gasteiger partial charge is 0.461 e. The smallest absolute Gasteiger partial charge is 0.336 e. The molecule has 0 unspecified atom stereocenters. The summed E-state index contributed by atoms with van der Waals surface area (Å²) in [4.78, 5) is 32.8. The topological polar surface area (TPSA) is 99.6 Å². The van der Waals surface area contributed by atoms with Crippen molar-refractivity contribution in [1.29, 1.82) is 0 Å². The maximum Gasteiger partial charge on any atom is 0.336 e. The van der Waals surface area contributed by atoms with E-state index in [1.807, 2.05) is 39.8 Å². The lowest BCUT2D eigenvalue weighted by atomic mass is 10.0. The van der Waals surface area contributed by atoms with Gasteiger partial charge in [-0.1, -0.05) is 0 Å². The molecular formula is C21H20N4O4. The van der Waals surface area contributed by atoms with Crippen LogP contribution in [0.15, 0.2) is 33.7 Å². The first-order chi connectivity index (χ1) is 13.8. The molecule has 0 atom stereocenters. The first-order valence-corrected chi connectivity index (χ1v) is 9.19.